The standard InChI is InChI=1S/C16H14N2O2/c1-11-4-2-6-13(8-11)15-17-18-16(20-15)14-7-3-5-12(9-14)10-19/h2-9,19H,10H2,1H3. The van der Waals surface area contributed by atoms with Gasteiger partial charge in [-0.3, -0.25) is 0 Å². The van der Waals surface area contributed by atoms with Crippen molar-refractivity contribution in [1.29, 1.82) is 0 Å². The van der Waals surface area contributed by atoms with Crippen LogP contribution in [0.2, 0.25) is 0 Å². The Balaban J connectivity index is 1.97. The van der Waals surface area contributed by atoms with E-state index in [9.17, 15) is 0 Å². The molecule has 0 atom stereocenters. The summed E-state index contributed by atoms with van der Waals surface area (Å²) in [6, 6.07) is 15.3. The predicted molar refractivity (Wildman–Crippen MR) is 75.8 cm³/mol. The number of aromatic nitrogens is 2. The first-order valence-corrected chi connectivity index (χ1v) is 6.37. The van der Waals surface area contributed by atoms with Gasteiger partial charge in [-0.25, -0.2) is 0 Å². The Morgan fingerprint density at radius 3 is 2.25 bits per heavy atom. The van der Waals surface area contributed by atoms with Gasteiger partial charge in [-0.05, 0) is 36.8 Å². The monoisotopic (exact) mass is 266 g/mol. The fourth-order valence-corrected chi connectivity index (χ4v) is 2.04. The molecule has 0 unspecified atom stereocenters. The van der Waals surface area contributed by atoms with Crippen LogP contribution >= 0.6 is 0 Å². The molecule has 3 rings (SSSR count). The fourth-order valence-electron chi connectivity index (χ4n) is 2.04. The highest BCUT2D eigenvalue weighted by Gasteiger charge is 2.10. The van der Waals surface area contributed by atoms with Crippen LogP contribution in [0.25, 0.3) is 22.9 Å². The van der Waals surface area contributed by atoms with Crippen molar-refractivity contribution in [2.45, 2.75) is 13.5 Å². The number of aryl methyl sites for hydroxylation is 1. The first-order chi connectivity index (χ1) is 9.76. The molecule has 0 spiro atoms. The van der Waals surface area contributed by atoms with E-state index in [0.717, 1.165) is 22.3 Å². The van der Waals surface area contributed by atoms with Gasteiger partial charge in [0.2, 0.25) is 11.8 Å². The van der Waals surface area contributed by atoms with Crippen molar-refractivity contribution < 1.29 is 9.52 Å². The first kappa shape index (κ1) is 12.6. The zero-order valence-electron chi connectivity index (χ0n) is 11.1. The number of nitrogens with zero attached hydrogens (tertiary/aromatic N) is 2. The third kappa shape index (κ3) is 2.46. The molecule has 4 nitrogen and oxygen atoms in total. The van der Waals surface area contributed by atoms with Gasteiger partial charge in [0.1, 0.15) is 0 Å². The topological polar surface area (TPSA) is 59.2 Å². The minimum Gasteiger partial charge on any atom is -0.416 e. The summed E-state index contributed by atoms with van der Waals surface area (Å²) in [6.07, 6.45) is 0. The van der Waals surface area contributed by atoms with Gasteiger partial charge < -0.3 is 9.52 Å². The summed E-state index contributed by atoms with van der Waals surface area (Å²) in [5.41, 5.74) is 3.67. The highest BCUT2D eigenvalue weighted by Crippen LogP contribution is 2.24. The van der Waals surface area contributed by atoms with Gasteiger partial charge in [0.25, 0.3) is 0 Å². The summed E-state index contributed by atoms with van der Waals surface area (Å²) in [4.78, 5) is 0. The summed E-state index contributed by atoms with van der Waals surface area (Å²) in [6.45, 7) is 2.01. The second kappa shape index (κ2) is 5.27. The average molecular weight is 266 g/mol. The van der Waals surface area contributed by atoms with Gasteiger partial charge in [0.05, 0.1) is 6.61 Å². The third-order valence-corrected chi connectivity index (χ3v) is 3.05. The van der Waals surface area contributed by atoms with E-state index in [0.29, 0.717) is 11.8 Å². The molecule has 0 aliphatic carbocycles. The van der Waals surface area contributed by atoms with E-state index in [1.807, 2.05) is 55.5 Å². The molecule has 2 aromatic carbocycles. The van der Waals surface area contributed by atoms with Crippen LogP contribution in [0.4, 0.5) is 0 Å². The number of aliphatic hydroxyl groups is 1. The van der Waals surface area contributed by atoms with Crippen molar-refractivity contribution in [2.75, 3.05) is 0 Å². The molecule has 0 radical (unpaired) electrons. The van der Waals surface area contributed by atoms with Gasteiger partial charge in [-0.15, -0.1) is 10.2 Å². The molecule has 4 heteroatoms. The molecule has 0 saturated carbocycles. The Labute approximate surface area is 116 Å². The largest absolute Gasteiger partial charge is 0.416 e. The van der Waals surface area contributed by atoms with E-state index in [2.05, 4.69) is 10.2 Å². The fraction of sp³-hybridized carbons (Fsp3) is 0.125. The van der Waals surface area contributed by atoms with E-state index < -0.39 is 0 Å². The molecule has 0 bridgehead atoms. The average Bonchev–Trinajstić information content (AvgIpc) is 2.97. The van der Waals surface area contributed by atoms with Gasteiger partial charge >= 0.3 is 0 Å². The molecule has 0 fully saturated rings. The lowest BCUT2D eigenvalue weighted by atomic mass is 10.1. The molecule has 0 aliphatic heterocycles. The SMILES string of the molecule is Cc1cccc(-c2nnc(-c3cccc(CO)c3)o2)c1. The van der Waals surface area contributed by atoms with Crippen molar-refractivity contribution in [3.63, 3.8) is 0 Å². The highest BCUT2D eigenvalue weighted by molar-refractivity contribution is 5.58. The van der Waals surface area contributed by atoms with Crippen molar-refractivity contribution in [3.05, 3.63) is 59.7 Å². The summed E-state index contributed by atoms with van der Waals surface area (Å²) in [7, 11) is 0. The molecule has 20 heavy (non-hydrogen) atoms. The second-order valence-electron chi connectivity index (χ2n) is 4.64. The van der Waals surface area contributed by atoms with Crippen LogP contribution in [-0.4, -0.2) is 15.3 Å². The zero-order valence-corrected chi connectivity index (χ0v) is 11.1. The Morgan fingerprint density at radius 2 is 1.60 bits per heavy atom. The van der Waals surface area contributed by atoms with E-state index in [1.165, 1.54) is 0 Å². The maximum absolute atomic E-state index is 9.16. The number of aliphatic hydroxyl groups excluding tert-OH is 1. The van der Waals surface area contributed by atoms with E-state index in [1.54, 1.807) is 0 Å². The molecular weight excluding hydrogens is 252 g/mol. The normalized spacial score (nSPS) is 10.7. The van der Waals surface area contributed by atoms with Crippen molar-refractivity contribution in [2.24, 2.45) is 0 Å². The predicted octanol–water partition coefficient (Wildman–Crippen LogP) is 3.20. The molecule has 0 saturated heterocycles. The van der Waals surface area contributed by atoms with Gasteiger partial charge in [0.15, 0.2) is 0 Å². The lowest BCUT2D eigenvalue weighted by Gasteiger charge is -1.99. The van der Waals surface area contributed by atoms with Crippen molar-refractivity contribution in [1.82, 2.24) is 10.2 Å². The highest BCUT2D eigenvalue weighted by atomic mass is 16.4. The summed E-state index contributed by atoms with van der Waals surface area (Å²) in [5, 5.41) is 17.3. The van der Waals surface area contributed by atoms with Crippen molar-refractivity contribution >= 4 is 0 Å². The van der Waals surface area contributed by atoms with Crippen LogP contribution in [0.3, 0.4) is 0 Å². The van der Waals surface area contributed by atoms with Gasteiger partial charge in [-0.2, -0.15) is 0 Å². The smallest absolute Gasteiger partial charge is 0.248 e. The van der Waals surface area contributed by atoms with Crippen LogP contribution < -0.4 is 0 Å². The number of hydrogen-bond acceptors (Lipinski definition) is 4. The number of benzene rings is 2. The van der Waals surface area contributed by atoms with Crippen LogP contribution in [-0.2, 0) is 6.61 Å². The Morgan fingerprint density at radius 1 is 0.950 bits per heavy atom. The molecule has 0 amide bonds. The molecule has 1 heterocycles. The lowest BCUT2D eigenvalue weighted by Crippen LogP contribution is -1.84. The lowest BCUT2D eigenvalue weighted by molar-refractivity contribution is 0.282. The van der Waals surface area contributed by atoms with Crippen LogP contribution in [0, 0.1) is 6.92 Å². The summed E-state index contributed by atoms with van der Waals surface area (Å²) in [5.74, 6) is 0.954. The van der Waals surface area contributed by atoms with E-state index in [4.69, 9.17) is 9.52 Å². The van der Waals surface area contributed by atoms with Crippen molar-refractivity contribution in [3.8, 4) is 22.9 Å². The first-order valence-electron chi connectivity index (χ1n) is 6.37. The van der Waals surface area contributed by atoms with Gasteiger partial charge in [-0.1, -0.05) is 29.8 Å². The number of hydrogen-bond donors (Lipinski definition) is 1. The zero-order chi connectivity index (χ0) is 13.9. The molecule has 1 N–H and O–H groups in total. The summed E-state index contributed by atoms with van der Waals surface area (Å²) < 4.78 is 5.71. The minimum atomic E-state index is -0.00723. The quantitative estimate of drug-likeness (QED) is 0.790. The van der Waals surface area contributed by atoms with Crippen LogP contribution in [0.1, 0.15) is 11.1 Å². The molecule has 3 aromatic rings. The third-order valence-electron chi connectivity index (χ3n) is 3.05. The molecule has 0 aliphatic rings. The molecular formula is C16H14N2O2. The Bertz CT molecular complexity index is 735. The summed E-state index contributed by atoms with van der Waals surface area (Å²) >= 11 is 0. The van der Waals surface area contributed by atoms with Crippen LogP contribution in [0.15, 0.2) is 52.9 Å². The second-order valence-corrected chi connectivity index (χ2v) is 4.64. The minimum absolute atomic E-state index is 0.00723. The Kier molecular flexibility index (Phi) is 3.31. The van der Waals surface area contributed by atoms with Crippen LogP contribution in [0.5, 0.6) is 0 Å². The van der Waals surface area contributed by atoms with E-state index in [-0.39, 0.29) is 6.61 Å². The molecule has 100 valence electrons. The maximum Gasteiger partial charge on any atom is 0.248 e. The Hall–Kier alpha value is -2.46. The van der Waals surface area contributed by atoms with E-state index >= 15 is 0 Å². The number of rotatable bonds is 3. The molecule has 1 aromatic heterocycles. The maximum atomic E-state index is 9.16. The van der Waals surface area contributed by atoms with Gasteiger partial charge in [0, 0.05) is 11.1 Å².